The molecule has 6 heteroatoms. The highest BCUT2D eigenvalue weighted by atomic mass is 16.1. The van der Waals surface area contributed by atoms with Crippen molar-refractivity contribution in [3.8, 4) is 11.4 Å². The Morgan fingerprint density at radius 3 is 2.52 bits per heavy atom. The summed E-state index contributed by atoms with van der Waals surface area (Å²) in [6.07, 6.45) is 3.56. The summed E-state index contributed by atoms with van der Waals surface area (Å²) >= 11 is 0. The number of carbonyl (C=O) groups is 1. The molecule has 1 amide bonds. The molecular formula is C21H21N5O. The molecule has 6 nitrogen and oxygen atoms in total. The number of nitrogens with one attached hydrogen (secondary N) is 2. The third-order valence-electron chi connectivity index (χ3n) is 4.45. The van der Waals surface area contributed by atoms with E-state index in [1.54, 1.807) is 10.7 Å². The molecule has 0 spiro atoms. The average Bonchev–Trinajstić information content (AvgIpc) is 3.29. The Morgan fingerprint density at radius 2 is 1.85 bits per heavy atom. The molecule has 3 heterocycles. The molecule has 0 aliphatic carbocycles. The van der Waals surface area contributed by atoms with Gasteiger partial charge in [0.05, 0.1) is 11.9 Å². The van der Waals surface area contributed by atoms with E-state index >= 15 is 0 Å². The first-order valence-electron chi connectivity index (χ1n) is 8.82. The summed E-state index contributed by atoms with van der Waals surface area (Å²) < 4.78 is 1.66. The van der Waals surface area contributed by atoms with Crippen molar-refractivity contribution in [2.45, 2.75) is 26.2 Å². The Balaban J connectivity index is 1.55. The van der Waals surface area contributed by atoms with Gasteiger partial charge in [0.2, 0.25) is 0 Å². The highest BCUT2D eigenvalue weighted by Crippen LogP contribution is 2.22. The smallest absolute Gasteiger partial charge is 0.256 e. The fourth-order valence-corrected chi connectivity index (χ4v) is 2.89. The number of benzene rings is 1. The van der Waals surface area contributed by atoms with Gasteiger partial charge < -0.3 is 10.3 Å². The van der Waals surface area contributed by atoms with E-state index in [0.717, 1.165) is 11.4 Å². The first-order chi connectivity index (χ1) is 12.9. The predicted molar refractivity (Wildman–Crippen MR) is 106 cm³/mol. The highest BCUT2D eigenvalue weighted by molar-refractivity contribution is 6.03. The van der Waals surface area contributed by atoms with Crippen LogP contribution >= 0.6 is 0 Å². The maximum Gasteiger partial charge on any atom is 0.256 e. The van der Waals surface area contributed by atoms with Crippen LogP contribution in [0.25, 0.3) is 17.0 Å². The van der Waals surface area contributed by atoms with Gasteiger partial charge in [0.1, 0.15) is 5.69 Å². The number of rotatable bonds is 3. The summed E-state index contributed by atoms with van der Waals surface area (Å²) in [5, 5.41) is 7.37. The van der Waals surface area contributed by atoms with Crippen LogP contribution in [0.4, 0.5) is 5.82 Å². The van der Waals surface area contributed by atoms with E-state index in [9.17, 15) is 4.79 Å². The molecule has 0 fully saturated rings. The number of imidazole rings is 1. The van der Waals surface area contributed by atoms with Crippen LogP contribution in [0, 0.1) is 0 Å². The van der Waals surface area contributed by atoms with Crippen molar-refractivity contribution < 1.29 is 4.79 Å². The Kier molecular flexibility index (Phi) is 4.03. The van der Waals surface area contributed by atoms with Crippen LogP contribution in [0.5, 0.6) is 0 Å². The second kappa shape index (κ2) is 6.39. The largest absolute Gasteiger partial charge is 0.360 e. The van der Waals surface area contributed by atoms with Crippen molar-refractivity contribution in [2.75, 3.05) is 5.32 Å². The molecule has 0 radical (unpaired) electrons. The van der Waals surface area contributed by atoms with E-state index in [-0.39, 0.29) is 11.3 Å². The molecule has 136 valence electrons. The molecule has 1 aromatic carbocycles. The number of amides is 1. The minimum absolute atomic E-state index is 0.0547. The molecular weight excluding hydrogens is 338 g/mol. The summed E-state index contributed by atoms with van der Waals surface area (Å²) in [5.74, 6) is 0.277. The van der Waals surface area contributed by atoms with E-state index < -0.39 is 0 Å². The van der Waals surface area contributed by atoms with Gasteiger partial charge in [-0.25, -0.2) is 9.50 Å². The van der Waals surface area contributed by atoms with E-state index in [1.807, 2.05) is 54.7 Å². The van der Waals surface area contributed by atoms with E-state index in [1.165, 1.54) is 5.56 Å². The molecule has 0 aliphatic heterocycles. The number of aromatic nitrogens is 4. The van der Waals surface area contributed by atoms with Gasteiger partial charge in [-0.05, 0) is 47.4 Å². The summed E-state index contributed by atoms with van der Waals surface area (Å²) in [7, 11) is 0. The Bertz CT molecular complexity index is 1090. The lowest BCUT2D eigenvalue weighted by atomic mass is 9.87. The van der Waals surface area contributed by atoms with Crippen molar-refractivity contribution in [1.82, 2.24) is 19.6 Å². The zero-order valence-corrected chi connectivity index (χ0v) is 15.5. The maximum absolute atomic E-state index is 12.5. The lowest BCUT2D eigenvalue weighted by Crippen LogP contribution is -2.14. The van der Waals surface area contributed by atoms with Gasteiger partial charge in [-0.2, -0.15) is 5.10 Å². The third kappa shape index (κ3) is 3.46. The maximum atomic E-state index is 12.5. The van der Waals surface area contributed by atoms with Gasteiger partial charge in [0.15, 0.2) is 11.5 Å². The normalized spacial score (nSPS) is 11.7. The van der Waals surface area contributed by atoms with Crippen molar-refractivity contribution in [3.05, 3.63) is 72.1 Å². The van der Waals surface area contributed by atoms with Gasteiger partial charge >= 0.3 is 0 Å². The minimum atomic E-state index is -0.191. The molecule has 0 saturated carbocycles. The van der Waals surface area contributed by atoms with Crippen LogP contribution in [-0.4, -0.2) is 25.5 Å². The number of hydrogen-bond donors (Lipinski definition) is 2. The predicted octanol–water partition coefficient (Wildman–Crippen LogP) is 4.27. The number of aromatic amines is 1. The molecule has 4 aromatic rings. The Hall–Kier alpha value is -3.41. The summed E-state index contributed by atoms with van der Waals surface area (Å²) in [6.45, 7) is 6.44. The standard InChI is InChI=1S/C21H21N5O/c1-21(2,3)15-8-6-14(7-9-15)20(27)24-18-13-26-19(23-18)11-10-17(25-26)16-5-4-12-22-16/h4-13,22H,1-3H3,(H,24,27). The van der Waals surface area contributed by atoms with E-state index in [0.29, 0.717) is 17.0 Å². The van der Waals surface area contributed by atoms with Crippen LogP contribution in [0.3, 0.4) is 0 Å². The van der Waals surface area contributed by atoms with Crippen LogP contribution in [0.2, 0.25) is 0 Å². The minimum Gasteiger partial charge on any atom is -0.360 e. The average molecular weight is 359 g/mol. The van der Waals surface area contributed by atoms with Gasteiger partial charge in [-0.3, -0.25) is 4.79 Å². The number of fused-ring (bicyclic) bond motifs is 1. The monoisotopic (exact) mass is 359 g/mol. The molecule has 0 bridgehead atoms. The molecule has 0 unspecified atom stereocenters. The molecule has 2 N–H and O–H groups in total. The molecule has 27 heavy (non-hydrogen) atoms. The topological polar surface area (TPSA) is 75.1 Å². The van der Waals surface area contributed by atoms with Crippen LogP contribution in [0.15, 0.2) is 60.9 Å². The quantitative estimate of drug-likeness (QED) is 0.573. The number of hydrogen-bond acceptors (Lipinski definition) is 3. The number of nitrogens with zero attached hydrogens (tertiary/aromatic N) is 3. The third-order valence-corrected chi connectivity index (χ3v) is 4.45. The number of anilines is 1. The molecule has 3 aromatic heterocycles. The van der Waals surface area contributed by atoms with Crippen LogP contribution in [0.1, 0.15) is 36.7 Å². The van der Waals surface area contributed by atoms with E-state index in [4.69, 9.17) is 0 Å². The fourth-order valence-electron chi connectivity index (χ4n) is 2.89. The summed E-state index contributed by atoms with van der Waals surface area (Å²) in [4.78, 5) is 20.1. The van der Waals surface area contributed by atoms with Gasteiger partial charge in [-0.15, -0.1) is 0 Å². The molecule has 0 saturated heterocycles. The van der Waals surface area contributed by atoms with Gasteiger partial charge in [0, 0.05) is 11.8 Å². The summed E-state index contributed by atoms with van der Waals surface area (Å²) in [5.41, 5.74) is 4.24. The highest BCUT2D eigenvalue weighted by Gasteiger charge is 2.15. The second-order valence-corrected chi connectivity index (χ2v) is 7.51. The lowest BCUT2D eigenvalue weighted by molar-refractivity contribution is 0.102. The van der Waals surface area contributed by atoms with Gasteiger partial charge in [0.25, 0.3) is 5.91 Å². The fraction of sp³-hybridized carbons (Fsp3) is 0.190. The number of H-pyrrole nitrogens is 1. The van der Waals surface area contributed by atoms with Crippen molar-refractivity contribution in [3.63, 3.8) is 0 Å². The van der Waals surface area contributed by atoms with Crippen molar-refractivity contribution >= 4 is 17.4 Å². The Labute approximate surface area is 157 Å². The molecule has 4 rings (SSSR count). The first kappa shape index (κ1) is 17.0. The SMILES string of the molecule is CC(C)(C)c1ccc(C(=O)Nc2cn3nc(-c4ccc[nH]4)ccc3n2)cc1. The van der Waals surface area contributed by atoms with Crippen LogP contribution in [-0.2, 0) is 5.41 Å². The first-order valence-corrected chi connectivity index (χ1v) is 8.82. The zero-order valence-electron chi connectivity index (χ0n) is 15.5. The zero-order chi connectivity index (χ0) is 19.0. The summed E-state index contributed by atoms with van der Waals surface area (Å²) in [6, 6.07) is 15.3. The second-order valence-electron chi connectivity index (χ2n) is 7.51. The van der Waals surface area contributed by atoms with Gasteiger partial charge in [-0.1, -0.05) is 32.9 Å². The van der Waals surface area contributed by atoms with E-state index in [2.05, 4.69) is 41.2 Å². The lowest BCUT2D eigenvalue weighted by Gasteiger charge is -2.18. The molecule has 0 atom stereocenters. The number of carbonyl (C=O) groups excluding carboxylic acids is 1. The Morgan fingerprint density at radius 1 is 1.07 bits per heavy atom. The van der Waals surface area contributed by atoms with Crippen molar-refractivity contribution in [1.29, 1.82) is 0 Å². The van der Waals surface area contributed by atoms with Crippen molar-refractivity contribution in [2.24, 2.45) is 0 Å². The van der Waals surface area contributed by atoms with Crippen LogP contribution < -0.4 is 5.32 Å². The molecule has 0 aliphatic rings.